The standard InChI is InChI=1S/C59H88O4/c1-52(2,3)40-25-34(60)26-41(53(4,5)6)48(40)38(49-42(54(7,8)9)27-35(61)28-43(49)55(10,11)12)33-39(50-44(56(13,14)15)29-36(62)30-45(50)57(16,17)18)51-46(58(19,20)21)31-37(63)32-47(51)59(22,23)24/h25-32,38-39,60-63H,33H2,1-24H3. The van der Waals surface area contributed by atoms with Crippen molar-refractivity contribution >= 4 is 0 Å². The van der Waals surface area contributed by atoms with E-state index in [1.165, 1.54) is 22.3 Å². The summed E-state index contributed by atoms with van der Waals surface area (Å²) in [7, 11) is 0. The first kappa shape index (κ1) is 51.7. The zero-order valence-corrected chi connectivity index (χ0v) is 44.3. The molecule has 4 aromatic carbocycles. The van der Waals surface area contributed by atoms with Gasteiger partial charge in [0.15, 0.2) is 0 Å². The van der Waals surface area contributed by atoms with Gasteiger partial charge in [0.05, 0.1) is 0 Å². The Bertz CT molecular complexity index is 1850. The summed E-state index contributed by atoms with van der Waals surface area (Å²) < 4.78 is 0. The normalized spacial score (nSPS) is 14.0. The number of aromatic hydroxyl groups is 4. The van der Waals surface area contributed by atoms with E-state index in [2.05, 4.69) is 166 Å². The zero-order chi connectivity index (χ0) is 48.8. The molecule has 0 radical (unpaired) electrons. The largest absolute Gasteiger partial charge is 0.508 e. The van der Waals surface area contributed by atoms with Crippen LogP contribution in [0.3, 0.4) is 0 Å². The van der Waals surface area contributed by atoms with Crippen molar-refractivity contribution in [1.29, 1.82) is 0 Å². The summed E-state index contributed by atoms with van der Waals surface area (Å²) in [5, 5.41) is 46.9. The Hall–Kier alpha value is -3.92. The molecule has 4 rings (SSSR count). The monoisotopic (exact) mass is 861 g/mol. The van der Waals surface area contributed by atoms with Gasteiger partial charge in [-0.15, -0.1) is 0 Å². The molecule has 0 aliphatic carbocycles. The molecule has 4 N–H and O–H groups in total. The van der Waals surface area contributed by atoms with E-state index in [4.69, 9.17) is 0 Å². The highest BCUT2D eigenvalue weighted by Gasteiger charge is 2.43. The van der Waals surface area contributed by atoms with Crippen LogP contribution in [-0.2, 0) is 43.3 Å². The Balaban J connectivity index is 2.60. The molecule has 0 aliphatic heterocycles. The highest BCUT2D eigenvalue weighted by molar-refractivity contribution is 5.62. The Morgan fingerprint density at radius 1 is 0.254 bits per heavy atom. The van der Waals surface area contributed by atoms with E-state index in [1.807, 2.05) is 48.5 Å². The third-order valence-electron chi connectivity index (χ3n) is 13.0. The fraction of sp³-hybridized carbons (Fsp3) is 0.593. The van der Waals surface area contributed by atoms with Crippen LogP contribution in [-0.4, -0.2) is 20.4 Å². The van der Waals surface area contributed by atoms with E-state index in [0.29, 0.717) is 6.42 Å². The number of hydrogen-bond donors (Lipinski definition) is 4. The van der Waals surface area contributed by atoms with Crippen LogP contribution in [0.15, 0.2) is 48.5 Å². The van der Waals surface area contributed by atoms with Crippen LogP contribution < -0.4 is 0 Å². The van der Waals surface area contributed by atoms with Gasteiger partial charge in [0.2, 0.25) is 0 Å². The second-order valence-electron chi connectivity index (χ2n) is 27.2. The lowest BCUT2D eigenvalue weighted by Crippen LogP contribution is -2.31. The Kier molecular flexibility index (Phi) is 13.5. The maximum Gasteiger partial charge on any atom is 0.116 e. The molecule has 0 bridgehead atoms. The highest BCUT2D eigenvalue weighted by Crippen LogP contribution is 2.56. The molecule has 4 nitrogen and oxygen atoms in total. The van der Waals surface area contributed by atoms with Gasteiger partial charge in [0, 0.05) is 11.8 Å². The van der Waals surface area contributed by atoms with E-state index in [0.717, 1.165) is 44.5 Å². The molecule has 0 aliphatic rings. The van der Waals surface area contributed by atoms with E-state index in [9.17, 15) is 20.4 Å². The lowest BCUT2D eigenvalue weighted by atomic mass is 9.61. The van der Waals surface area contributed by atoms with Gasteiger partial charge >= 0.3 is 0 Å². The van der Waals surface area contributed by atoms with Crippen LogP contribution in [0.5, 0.6) is 23.0 Å². The van der Waals surface area contributed by atoms with Crippen LogP contribution in [0.1, 0.15) is 251 Å². The molecule has 0 fully saturated rings. The van der Waals surface area contributed by atoms with Crippen molar-refractivity contribution in [2.45, 2.75) is 228 Å². The third-order valence-corrected chi connectivity index (χ3v) is 13.0. The van der Waals surface area contributed by atoms with Crippen LogP contribution in [0, 0.1) is 0 Å². The van der Waals surface area contributed by atoms with Crippen molar-refractivity contribution in [3.05, 3.63) is 115 Å². The van der Waals surface area contributed by atoms with Crippen LogP contribution >= 0.6 is 0 Å². The molecule has 63 heavy (non-hydrogen) atoms. The average molecular weight is 861 g/mol. The maximum atomic E-state index is 11.7. The highest BCUT2D eigenvalue weighted by atomic mass is 16.3. The summed E-state index contributed by atoms with van der Waals surface area (Å²) in [6, 6.07) is 16.0. The molecule has 4 aromatic rings. The summed E-state index contributed by atoms with van der Waals surface area (Å²) in [6.45, 7) is 54.1. The summed E-state index contributed by atoms with van der Waals surface area (Å²) in [5.41, 5.74) is 10.7. The maximum absolute atomic E-state index is 11.7. The van der Waals surface area contributed by atoms with Gasteiger partial charge in [-0.2, -0.15) is 0 Å². The fourth-order valence-electron chi connectivity index (χ4n) is 10.0. The summed E-state index contributed by atoms with van der Waals surface area (Å²) in [4.78, 5) is 0. The molecule has 0 saturated carbocycles. The fourth-order valence-corrected chi connectivity index (χ4v) is 10.0. The number of rotatable bonds is 6. The van der Waals surface area contributed by atoms with Crippen LogP contribution in [0.2, 0.25) is 0 Å². The number of benzene rings is 4. The van der Waals surface area contributed by atoms with Crippen LogP contribution in [0.4, 0.5) is 0 Å². The lowest BCUT2D eigenvalue weighted by molar-refractivity contribution is 0.447. The van der Waals surface area contributed by atoms with E-state index in [-0.39, 0.29) is 78.2 Å². The number of hydrogen-bond acceptors (Lipinski definition) is 4. The van der Waals surface area contributed by atoms with Gasteiger partial charge in [-0.3, -0.25) is 0 Å². The van der Waals surface area contributed by atoms with Crippen molar-refractivity contribution < 1.29 is 20.4 Å². The number of phenols is 4. The SMILES string of the molecule is CC(C)(C)c1cc(O)cc(C(C)(C)C)c1C(CC(c1c(C(C)(C)C)cc(O)cc1C(C)(C)C)c1c(C(C)(C)C)cc(O)cc1C(C)(C)C)c1c(C(C)(C)C)cc(O)cc1C(C)(C)C. The van der Waals surface area contributed by atoms with Crippen molar-refractivity contribution in [3.8, 4) is 23.0 Å². The van der Waals surface area contributed by atoms with Crippen molar-refractivity contribution in [2.75, 3.05) is 0 Å². The molecule has 0 spiro atoms. The first-order chi connectivity index (χ1) is 28.0. The Morgan fingerprint density at radius 3 is 0.460 bits per heavy atom. The van der Waals surface area contributed by atoms with Crippen molar-refractivity contribution in [1.82, 2.24) is 0 Å². The molecule has 0 unspecified atom stereocenters. The summed E-state index contributed by atoms with van der Waals surface area (Å²) >= 11 is 0. The Labute approximate surface area is 385 Å². The molecular weight excluding hydrogens is 773 g/mol. The average Bonchev–Trinajstić information content (AvgIpc) is 3.05. The first-order valence-corrected chi connectivity index (χ1v) is 23.5. The minimum Gasteiger partial charge on any atom is -0.508 e. The predicted octanol–water partition coefficient (Wildman–Crippen LogP) is 16.2. The quantitative estimate of drug-likeness (QED) is 0.156. The molecular formula is C59H88O4. The van der Waals surface area contributed by atoms with Crippen LogP contribution in [0.25, 0.3) is 0 Å². The smallest absolute Gasteiger partial charge is 0.116 e. The molecule has 0 heterocycles. The topological polar surface area (TPSA) is 80.9 Å². The zero-order valence-electron chi connectivity index (χ0n) is 44.3. The lowest BCUT2D eigenvalue weighted by Gasteiger charge is -2.43. The molecule has 0 atom stereocenters. The minimum atomic E-state index is -0.361. The molecule has 348 valence electrons. The van der Waals surface area contributed by atoms with Gasteiger partial charge in [-0.25, -0.2) is 0 Å². The van der Waals surface area contributed by atoms with Gasteiger partial charge in [-0.05, 0) is 165 Å². The number of phenolic OH excluding ortho intramolecular Hbond substituents is 4. The second kappa shape index (κ2) is 16.5. The molecule has 0 amide bonds. The van der Waals surface area contributed by atoms with Gasteiger partial charge in [0.1, 0.15) is 23.0 Å². The van der Waals surface area contributed by atoms with Crippen molar-refractivity contribution in [3.63, 3.8) is 0 Å². The van der Waals surface area contributed by atoms with E-state index < -0.39 is 0 Å². The van der Waals surface area contributed by atoms with Gasteiger partial charge in [-0.1, -0.05) is 166 Å². The van der Waals surface area contributed by atoms with E-state index >= 15 is 0 Å². The minimum absolute atomic E-state index is 0.257. The first-order valence-electron chi connectivity index (χ1n) is 23.5. The third kappa shape index (κ3) is 11.1. The molecule has 0 aromatic heterocycles. The summed E-state index contributed by atoms with van der Waals surface area (Å²) in [6.07, 6.45) is 0.627. The second-order valence-corrected chi connectivity index (χ2v) is 27.2. The van der Waals surface area contributed by atoms with Crippen molar-refractivity contribution in [2.24, 2.45) is 0 Å². The Morgan fingerprint density at radius 2 is 0.365 bits per heavy atom. The van der Waals surface area contributed by atoms with Gasteiger partial charge in [0.25, 0.3) is 0 Å². The van der Waals surface area contributed by atoms with E-state index in [1.54, 1.807) is 0 Å². The van der Waals surface area contributed by atoms with Gasteiger partial charge < -0.3 is 20.4 Å². The predicted molar refractivity (Wildman–Crippen MR) is 270 cm³/mol. The molecule has 4 heteroatoms. The summed E-state index contributed by atoms with van der Waals surface area (Å²) in [5.74, 6) is 0.518. The molecule has 0 saturated heterocycles.